The zero-order valence-electron chi connectivity index (χ0n) is 13.4. The largest absolute Gasteiger partial charge is 0.481 e. The lowest BCUT2D eigenvalue weighted by Gasteiger charge is -2.21. The zero-order chi connectivity index (χ0) is 15.9. The van der Waals surface area contributed by atoms with Gasteiger partial charge in [-0.2, -0.15) is 0 Å². The van der Waals surface area contributed by atoms with Crippen molar-refractivity contribution in [2.75, 3.05) is 0 Å². The van der Waals surface area contributed by atoms with Gasteiger partial charge in [-0.15, -0.1) is 0 Å². The highest BCUT2D eigenvalue weighted by Gasteiger charge is 2.20. The number of benzene rings is 2. The maximum Gasteiger partial charge on any atom is 0.261 e. The van der Waals surface area contributed by atoms with Crippen LogP contribution in [0.1, 0.15) is 37.4 Å². The first-order valence-corrected chi connectivity index (χ1v) is 7.68. The Morgan fingerprint density at radius 2 is 1.86 bits per heavy atom. The van der Waals surface area contributed by atoms with Gasteiger partial charge in [0.15, 0.2) is 6.10 Å². The molecular formula is C19H23NO2. The highest BCUT2D eigenvalue weighted by molar-refractivity contribution is 5.81. The Morgan fingerprint density at radius 3 is 2.50 bits per heavy atom. The molecule has 0 aliphatic heterocycles. The number of amides is 1. The molecule has 0 saturated heterocycles. The molecule has 0 saturated carbocycles. The highest BCUT2D eigenvalue weighted by atomic mass is 16.5. The predicted octanol–water partition coefficient (Wildman–Crippen LogP) is 4.03. The number of rotatable bonds is 6. The maximum atomic E-state index is 12.4. The van der Waals surface area contributed by atoms with Crippen LogP contribution in [0.3, 0.4) is 0 Å². The molecule has 0 aliphatic rings. The van der Waals surface area contributed by atoms with E-state index in [1.54, 1.807) is 0 Å². The van der Waals surface area contributed by atoms with Crippen molar-refractivity contribution in [3.8, 4) is 5.75 Å². The first kappa shape index (κ1) is 16.1. The molecule has 0 bridgehead atoms. The van der Waals surface area contributed by atoms with E-state index in [0.717, 1.165) is 16.9 Å². The molecule has 0 aromatic heterocycles. The van der Waals surface area contributed by atoms with Crippen molar-refractivity contribution in [1.29, 1.82) is 0 Å². The molecule has 2 aromatic rings. The summed E-state index contributed by atoms with van der Waals surface area (Å²) in [5, 5.41) is 3.02. The van der Waals surface area contributed by atoms with E-state index in [9.17, 15) is 4.79 Å². The van der Waals surface area contributed by atoms with E-state index in [0.29, 0.717) is 6.42 Å². The van der Waals surface area contributed by atoms with Crippen LogP contribution in [-0.4, -0.2) is 12.0 Å². The first-order valence-electron chi connectivity index (χ1n) is 7.68. The summed E-state index contributed by atoms with van der Waals surface area (Å²) in [6, 6.07) is 17.6. The molecule has 2 aromatic carbocycles. The molecule has 3 heteroatoms. The van der Waals surface area contributed by atoms with E-state index in [2.05, 4.69) is 5.32 Å². The minimum absolute atomic E-state index is 0.0381. The lowest BCUT2D eigenvalue weighted by Crippen LogP contribution is -2.39. The van der Waals surface area contributed by atoms with E-state index < -0.39 is 6.10 Å². The van der Waals surface area contributed by atoms with Crippen molar-refractivity contribution in [2.45, 2.75) is 39.3 Å². The molecule has 0 fully saturated rings. The van der Waals surface area contributed by atoms with Crippen molar-refractivity contribution >= 4 is 5.91 Å². The van der Waals surface area contributed by atoms with Crippen LogP contribution in [0.2, 0.25) is 0 Å². The van der Waals surface area contributed by atoms with Gasteiger partial charge in [-0.05, 0) is 43.5 Å². The van der Waals surface area contributed by atoms with Gasteiger partial charge in [0.05, 0.1) is 6.04 Å². The second-order valence-corrected chi connectivity index (χ2v) is 5.47. The lowest BCUT2D eigenvalue weighted by atomic mass is 10.1. The van der Waals surface area contributed by atoms with Crippen molar-refractivity contribution in [2.24, 2.45) is 0 Å². The van der Waals surface area contributed by atoms with E-state index >= 15 is 0 Å². The molecule has 0 heterocycles. The van der Waals surface area contributed by atoms with Crippen LogP contribution in [0.15, 0.2) is 54.6 Å². The van der Waals surface area contributed by atoms with Crippen molar-refractivity contribution < 1.29 is 9.53 Å². The first-order chi connectivity index (χ1) is 10.6. The summed E-state index contributed by atoms with van der Waals surface area (Å²) in [4.78, 5) is 12.4. The van der Waals surface area contributed by atoms with Gasteiger partial charge in [0.2, 0.25) is 0 Å². The van der Waals surface area contributed by atoms with Gasteiger partial charge in [-0.25, -0.2) is 0 Å². The van der Waals surface area contributed by atoms with Crippen LogP contribution in [-0.2, 0) is 4.79 Å². The standard InChI is InChI=1S/C19H23NO2/c1-4-18(22-17-12-8-9-14(2)13-17)19(21)20-15(3)16-10-6-5-7-11-16/h5-13,15,18H,4H2,1-3H3,(H,20,21)/t15-,18-/m0/s1. The second-order valence-electron chi connectivity index (χ2n) is 5.47. The molecule has 2 atom stereocenters. The van der Waals surface area contributed by atoms with E-state index in [4.69, 9.17) is 4.74 Å². The number of aryl methyl sites for hydroxylation is 1. The average molecular weight is 297 g/mol. The fourth-order valence-electron chi connectivity index (χ4n) is 2.31. The van der Waals surface area contributed by atoms with Gasteiger partial charge in [0.25, 0.3) is 5.91 Å². The Bertz CT molecular complexity index is 610. The Morgan fingerprint density at radius 1 is 1.14 bits per heavy atom. The molecule has 0 unspecified atom stereocenters. The topological polar surface area (TPSA) is 38.3 Å². The summed E-state index contributed by atoms with van der Waals surface area (Å²) >= 11 is 0. The van der Waals surface area contributed by atoms with Gasteiger partial charge < -0.3 is 10.1 Å². The van der Waals surface area contributed by atoms with Crippen LogP contribution in [0.5, 0.6) is 5.75 Å². The number of hydrogen-bond acceptors (Lipinski definition) is 2. The highest BCUT2D eigenvalue weighted by Crippen LogP contribution is 2.17. The van der Waals surface area contributed by atoms with Gasteiger partial charge >= 0.3 is 0 Å². The van der Waals surface area contributed by atoms with Crippen molar-refractivity contribution in [1.82, 2.24) is 5.32 Å². The summed E-state index contributed by atoms with van der Waals surface area (Å²) in [7, 11) is 0. The molecule has 0 radical (unpaired) electrons. The van der Waals surface area contributed by atoms with Crippen molar-refractivity contribution in [3.05, 3.63) is 65.7 Å². The third-order valence-electron chi connectivity index (χ3n) is 3.59. The number of carbonyl (C=O) groups excluding carboxylic acids is 1. The molecule has 3 nitrogen and oxygen atoms in total. The molecule has 2 rings (SSSR count). The third kappa shape index (κ3) is 4.35. The van der Waals surface area contributed by atoms with E-state index in [1.165, 1.54) is 0 Å². The summed E-state index contributed by atoms with van der Waals surface area (Å²) < 4.78 is 5.83. The minimum atomic E-state index is -0.479. The normalized spacial score (nSPS) is 13.2. The fraction of sp³-hybridized carbons (Fsp3) is 0.316. The van der Waals surface area contributed by atoms with Crippen LogP contribution < -0.4 is 10.1 Å². The summed E-state index contributed by atoms with van der Waals surface area (Å²) in [5.41, 5.74) is 2.20. The quantitative estimate of drug-likeness (QED) is 0.874. The van der Waals surface area contributed by atoms with Crippen LogP contribution in [0.4, 0.5) is 0 Å². The molecule has 1 amide bonds. The van der Waals surface area contributed by atoms with Crippen LogP contribution >= 0.6 is 0 Å². The summed E-state index contributed by atoms with van der Waals surface area (Å²) in [6.07, 6.45) is 0.148. The Kier molecular flexibility index (Phi) is 5.59. The SMILES string of the molecule is CC[C@H](Oc1cccc(C)c1)C(=O)N[C@@H](C)c1ccccc1. The van der Waals surface area contributed by atoms with E-state index in [1.807, 2.05) is 75.4 Å². The number of nitrogens with one attached hydrogen (secondary N) is 1. The van der Waals surface area contributed by atoms with E-state index in [-0.39, 0.29) is 11.9 Å². The average Bonchev–Trinajstić information content (AvgIpc) is 2.53. The molecule has 0 aliphatic carbocycles. The Hall–Kier alpha value is -2.29. The van der Waals surface area contributed by atoms with Crippen molar-refractivity contribution in [3.63, 3.8) is 0 Å². The molecule has 116 valence electrons. The lowest BCUT2D eigenvalue weighted by molar-refractivity contribution is -0.128. The fourth-order valence-corrected chi connectivity index (χ4v) is 2.31. The molecular weight excluding hydrogens is 274 g/mol. The number of hydrogen-bond donors (Lipinski definition) is 1. The zero-order valence-corrected chi connectivity index (χ0v) is 13.4. The second kappa shape index (κ2) is 7.64. The minimum Gasteiger partial charge on any atom is -0.481 e. The van der Waals surface area contributed by atoms with Gasteiger partial charge in [0.1, 0.15) is 5.75 Å². The summed E-state index contributed by atoms with van der Waals surface area (Å²) in [5.74, 6) is 0.648. The van der Waals surface area contributed by atoms with Gasteiger partial charge in [-0.3, -0.25) is 4.79 Å². The molecule has 1 N–H and O–H groups in total. The Balaban J connectivity index is 2.00. The maximum absolute atomic E-state index is 12.4. The van der Waals surface area contributed by atoms with Crippen LogP contribution in [0, 0.1) is 6.92 Å². The number of carbonyl (C=O) groups is 1. The Labute approximate surface area is 132 Å². The number of ether oxygens (including phenoxy) is 1. The predicted molar refractivity (Wildman–Crippen MR) is 88.9 cm³/mol. The smallest absolute Gasteiger partial charge is 0.261 e. The molecule has 0 spiro atoms. The molecule has 22 heavy (non-hydrogen) atoms. The van der Waals surface area contributed by atoms with Gasteiger partial charge in [0, 0.05) is 0 Å². The third-order valence-corrected chi connectivity index (χ3v) is 3.59. The van der Waals surface area contributed by atoms with Gasteiger partial charge in [-0.1, -0.05) is 49.4 Å². The van der Waals surface area contributed by atoms with Crippen LogP contribution in [0.25, 0.3) is 0 Å². The summed E-state index contributed by atoms with van der Waals surface area (Å²) in [6.45, 7) is 5.94. The monoisotopic (exact) mass is 297 g/mol.